The van der Waals surface area contributed by atoms with Crippen LogP contribution < -0.4 is 10.6 Å². The summed E-state index contributed by atoms with van der Waals surface area (Å²) in [5, 5.41) is 6.77. The molecule has 2 saturated heterocycles. The molecular formula is C19H38N4O2. The van der Waals surface area contributed by atoms with E-state index in [1.165, 1.54) is 45.2 Å². The number of hydrogen-bond acceptors (Lipinski definition) is 4. The first kappa shape index (κ1) is 20.5. The van der Waals surface area contributed by atoms with Gasteiger partial charge in [0.2, 0.25) is 0 Å². The number of guanidine groups is 1. The number of piperidine rings is 1. The number of aliphatic imine (C=N–C) groups is 1. The highest BCUT2D eigenvalue weighted by Crippen LogP contribution is 2.16. The highest BCUT2D eigenvalue weighted by atomic mass is 16.5. The Morgan fingerprint density at radius 1 is 1.16 bits per heavy atom. The van der Waals surface area contributed by atoms with E-state index in [2.05, 4.69) is 27.4 Å². The van der Waals surface area contributed by atoms with Crippen LogP contribution in [-0.2, 0) is 9.47 Å². The molecule has 0 aromatic heterocycles. The average molecular weight is 355 g/mol. The van der Waals surface area contributed by atoms with Crippen LogP contribution in [0.2, 0.25) is 0 Å². The average Bonchev–Trinajstić information content (AvgIpc) is 3.14. The van der Waals surface area contributed by atoms with E-state index in [1.807, 2.05) is 7.05 Å². The van der Waals surface area contributed by atoms with Crippen LogP contribution in [0.1, 0.15) is 51.9 Å². The summed E-state index contributed by atoms with van der Waals surface area (Å²) in [5.74, 6) is 0.899. The van der Waals surface area contributed by atoms with Gasteiger partial charge in [0.05, 0.1) is 12.7 Å². The summed E-state index contributed by atoms with van der Waals surface area (Å²) in [5.41, 5.74) is 0. The van der Waals surface area contributed by atoms with Crippen LogP contribution in [0, 0.1) is 0 Å². The molecule has 2 fully saturated rings. The van der Waals surface area contributed by atoms with Gasteiger partial charge in [-0.3, -0.25) is 4.99 Å². The lowest BCUT2D eigenvalue weighted by atomic mass is 10.0. The number of likely N-dealkylation sites (tertiary alicyclic amines) is 1. The SMILES string of the molecule is CN=C(NCCCCN1CCCCC1C)NCCCOC1CCOC1. The molecule has 2 heterocycles. The zero-order chi connectivity index (χ0) is 17.7. The first-order chi connectivity index (χ1) is 12.3. The summed E-state index contributed by atoms with van der Waals surface area (Å²) < 4.78 is 11.1. The van der Waals surface area contributed by atoms with E-state index < -0.39 is 0 Å². The Morgan fingerprint density at radius 2 is 2.00 bits per heavy atom. The first-order valence-corrected chi connectivity index (χ1v) is 10.2. The molecule has 2 N–H and O–H groups in total. The van der Waals surface area contributed by atoms with Gasteiger partial charge in [-0.25, -0.2) is 0 Å². The Bertz CT molecular complexity index is 372. The molecule has 0 bridgehead atoms. The van der Waals surface area contributed by atoms with E-state index in [4.69, 9.17) is 9.47 Å². The lowest BCUT2D eigenvalue weighted by Gasteiger charge is -2.33. The van der Waals surface area contributed by atoms with Crippen LogP contribution in [0.3, 0.4) is 0 Å². The monoisotopic (exact) mass is 354 g/mol. The molecule has 6 heteroatoms. The summed E-state index contributed by atoms with van der Waals surface area (Å²) in [6.45, 7) is 9.14. The van der Waals surface area contributed by atoms with Crippen molar-refractivity contribution >= 4 is 5.96 Å². The minimum Gasteiger partial charge on any atom is -0.379 e. The summed E-state index contributed by atoms with van der Waals surface area (Å²) in [6.07, 6.45) is 8.92. The van der Waals surface area contributed by atoms with E-state index in [-0.39, 0.29) is 0 Å². The normalized spacial score (nSPS) is 25.3. The van der Waals surface area contributed by atoms with Gasteiger partial charge in [0.25, 0.3) is 0 Å². The molecule has 0 radical (unpaired) electrons. The molecule has 2 aliphatic heterocycles. The zero-order valence-electron chi connectivity index (χ0n) is 16.3. The van der Waals surface area contributed by atoms with Crippen LogP contribution in [0.5, 0.6) is 0 Å². The zero-order valence-corrected chi connectivity index (χ0v) is 16.3. The maximum atomic E-state index is 5.77. The van der Waals surface area contributed by atoms with Gasteiger partial charge in [0, 0.05) is 39.4 Å². The molecule has 6 nitrogen and oxygen atoms in total. The molecule has 0 aliphatic carbocycles. The molecular weight excluding hydrogens is 316 g/mol. The molecule has 0 saturated carbocycles. The second-order valence-electron chi connectivity index (χ2n) is 7.22. The van der Waals surface area contributed by atoms with E-state index in [0.29, 0.717) is 6.10 Å². The number of hydrogen-bond donors (Lipinski definition) is 2. The van der Waals surface area contributed by atoms with Crippen LogP contribution in [0.15, 0.2) is 4.99 Å². The lowest BCUT2D eigenvalue weighted by molar-refractivity contribution is 0.0420. The fourth-order valence-corrected chi connectivity index (χ4v) is 3.53. The summed E-state index contributed by atoms with van der Waals surface area (Å²) in [4.78, 5) is 6.93. The molecule has 25 heavy (non-hydrogen) atoms. The van der Waals surface area contributed by atoms with Crippen LogP contribution in [0.25, 0.3) is 0 Å². The topological polar surface area (TPSA) is 58.1 Å². The van der Waals surface area contributed by atoms with Crippen molar-refractivity contribution in [1.29, 1.82) is 0 Å². The van der Waals surface area contributed by atoms with Gasteiger partial charge in [0.1, 0.15) is 0 Å². The van der Waals surface area contributed by atoms with Crippen molar-refractivity contribution in [3.8, 4) is 0 Å². The minimum atomic E-state index is 0.306. The van der Waals surface area contributed by atoms with Crippen LogP contribution in [-0.4, -0.2) is 76.1 Å². The third-order valence-corrected chi connectivity index (χ3v) is 5.18. The van der Waals surface area contributed by atoms with Gasteiger partial charge < -0.3 is 25.0 Å². The van der Waals surface area contributed by atoms with Crippen molar-refractivity contribution in [3.63, 3.8) is 0 Å². The Morgan fingerprint density at radius 3 is 2.72 bits per heavy atom. The molecule has 2 unspecified atom stereocenters. The first-order valence-electron chi connectivity index (χ1n) is 10.2. The highest BCUT2D eigenvalue weighted by molar-refractivity contribution is 5.79. The van der Waals surface area contributed by atoms with Gasteiger partial charge >= 0.3 is 0 Å². The number of nitrogens with one attached hydrogen (secondary N) is 2. The van der Waals surface area contributed by atoms with Gasteiger partial charge in [-0.15, -0.1) is 0 Å². The summed E-state index contributed by atoms with van der Waals surface area (Å²) >= 11 is 0. The van der Waals surface area contributed by atoms with Crippen molar-refractivity contribution in [2.45, 2.75) is 64.0 Å². The van der Waals surface area contributed by atoms with E-state index in [1.54, 1.807) is 0 Å². The quantitative estimate of drug-likeness (QED) is 0.357. The minimum absolute atomic E-state index is 0.306. The van der Waals surface area contributed by atoms with Crippen LogP contribution in [0.4, 0.5) is 0 Å². The number of nitrogens with zero attached hydrogens (tertiary/aromatic N) is 2. The van der Waals surface area contributed by atoms with Gasteiger partial charge in [-0.05, 0) is 58.5 Å². The molecule has 2 atom stereocenters. The van der Waals surface area contributed by atoms with Gasteiger partial charge in [0.15, 0.2) is 5.96 Å². The molecule has 2 rings (SSSR count). The molecule has 0 aromatic rings. The predicted octanol–water partition coefficient (Wildman–Crippen LogP) is 2.00. The van der Waals surface area contributed by atoms with Crippen LogP contribution >= 0.6 is 0 Å². The highest BCUT2D eigenvalue weighted by Gasteiger charge is 2.17. The Hall–Kier alpha value is -0.850. The van der Waals surface area contributed by atoms with E-state index in [0.717, 1.165) is 57.8 Å². The Kier molecular flexibility index (Phi) is 10.2. The fraction of sp³-hybridized carbons (Fsp3) is 0.947. The van der Waals surface area contributed by atoms with E-state index in [9.17, 15) is 0 Å². The van der Waals surface area contributed by atoms with Crippen molar-refractivity contribution in [2.75, 3.05) is 53.0 Å². The van der Waals surface area contributed by atoms with Gasteiger partial charge in [-0.2, -0.15) is 0 Å². The second kappa shape index (κ2) is 12.5. The maximum Gasteiger partial charge on any atom is 0.190 e. The number of ether oxygens (including phenoxy) is 2. The number of unbranched alkanes of at least 4 members (excludes halogenated alkanes) is 1. The Labute approximate surface area is 153 Å². The largest absolute Gasteiger partial charge is 0.379 e. The maximum absolute atomic E-state index is 5.77. The number of rotatable bonds is 10. The summed E-state index contributed by atoms with van der Waals surface area (Å²) in [7, 11) is 1.83. The van der Waals surface area contributed by atoms with Crippen molar-refractivity contribution < 1.29 is 9.47 Å². The lowest BCUT2D eigenvalue weighted by Crippen LogP contribution is -2.40. The standard InChI is InChI=1S/C19H38N4O2/c1-17-8-3-5-12-23(17)13-6-4-10-21-19(20-2)22-11-7-14-25-18-9-15-24-16-18/h17-18H,3-16H2,1-2H3,(H2,20,21,22). The molecule has 2 aliphatic rings. The molecule has 146 valence electrons. The van der Waals surface area contributed by atoms with Crippen molar-refractivity contribution in [2.24, 2.45) is 4.99 Å². The van der Waals surface area contributed by atoms with Crippen molar-refractivity contribution in [1.82, 2.24) is 15.5 Å². The Balaban J connectivity index is 1.43. The molecule has 0 aromatic carbocycles. The third kappa shape index (κ3) is 8.38. The third-order valence-electron chi connectivity index (χ3n) is 5.18. The fourth-order valence-electron chi connectivity index (χ4n) is 3.53. The molecule has 0 spiro atoms. The smallest absolute Gasteiger partial charge is 0.190 e. The predicted molar refractivity (Wildman–Crippen MR) is 103 cm³/mol. The van der Waals surface area contributed by atoms with E-state index >= 15 is 0 Å². The molecule has 0 amide bonds. The van der Waals surface area contributed by atoms with Gasteiger partial charge in [-0.1, -0.05) is 6.42 Å². The van der Waals surface area contributed by atoms with Crippen molar-refractivity contribution in [3.05, 3.63) is 0 Å². The summed E-state index contributed by atoms with van der Waals surface area (Å²) in [6, 6.07) is 0.772. The second-order valence-corrected chi connectivity index (χ2v) is 7.22.